The number of fused-ring (bicyclic) bond motifs is 1. The maximum absolute atomic E-state index is 13.4. The summed E-state index contributed by atoms with van der Waals surface area (Å²) in [6.07, 6.45) is 0. The maximum atomic E-state index is 13.4. The minimum Gasteiger partial charge on any atom is -0.267 e. The summed E-state index contributed by atoms with van der Waals surface area (Å²) in [7, 11) is 0. The van der Waals surface area contributed by atoms with Gasteiger partial charge in [0.1, 0.15) is 0 Å². The van der Waals surface area contributed by atoms with Crippen LogP contribution in [0, 0.1) is 25.5 Å². The Morgan fingerprint density at radius 3 is 2.29 bits per heavy atom. The highest BCUT2D eigenvalue weighted by Gasteiger charge is 2.14. The van der Waals surface area contributed by atoms with Crippen molar-refractivity contribution in [1.82, 2.24) is 10.2 Å². The Bertz CT molecular complexity index is 916. The van der Waals surface area contributed by atoms with Crippen molar-refractivity contribution in [2.75, 3.05) is 0 Å². The van der Waals surface area contributed by atoms with Crippen LogP contribution in [0.25, 0.3) is 22.0 Å². The van der Waals surface area contributed by atoms with Gasteiger partial charge in [0, 0.05) is 10.9 Å². The first-order valence-corrected chi connectivity index (χ1v) is 6.43. The molecule has 3 aromatic rings. The fourth-order valence-electron chi connectivity index (χ4n) is 2.48. The van der Waals surface area contributed by atoms with E-state index in [0.29, 0.717) is 22.0 Å². The molecule has 0 aliphatic rings. The Morgan fingerprint density at radius 1 is 0.952 bits per heavy atom. The molecule has 106 valence electrons. The van der Waals surface area contributed by atoms with Crippen LogP contribution in [0.1, 0.15) is 11.1 Å². The lowest BCUT2D eigenvalue weighted by molar-refractivity contribution is 0.509. The molecule has 1 N–H and O–H groups in total. The zero-order valence-electron chi connectivity index (χ0n) is 11.5. The average Bonchev–Trinajstić information content (AvgIpc) is 2.46. The molecule has 0 fully saturated rings. The third kappa shape index (κ3) is 2.11. The van der Waals surface area contributed by atoms with Crippen LogP contribution in [0.2, 0.25) is 0 Å². The summed E-state index contributed by atoms with van der Waals surface area (Å²) in [5, 5.41) is 7.62. The first kappa shape index (κ1) is 13.4. The Labute approximate surface area is 119 Å². The van der Waals surface area contributed by atoms with Gasteiger partial charge in [-0.2, -0.15) is 5.10 Å². The van der Waals surface area contributed by atoms with E-state index >= 15 is 0 Å². The molecular formula is C16H12F2N2O. The molecule has 21 heavy (non-hydrogen) atoms. The molecule has 1 aromatic heterocycles. The highest BCUT2D eigenvalue weighted by molar-refractivity contribution is 5.97. The van der Waals surface area contributed by atoms with Gasteiger partial charge < -0.3 is 0 Å². The fourth-order valence-corrected chi connectivity index (χ4v) is 2.48. The molecule has 5 heteroatoms. The summed E-state index contributed by atoms with van der Waals surface area (Å²) in [6, 6.07) is 7.30. The van der Waals surface area contributed by atoms with Gasteiger partial charge >= 0.3 is 0 Å². The summed E-state index contributed by atoms with van der Waals surface area (Å²) < 4.78 is 26.5. The van der Waals surface area contributed by atoms with E-state index in [2.05, 4.69) is 10.2 Å². The van der Waals surface area contributed by atoms with Gasteiger partial charge in [-0.15, -0.1) is 0 Å². The van der Waals surface area contributed by atoms with Gasteiger partial charge in [-0.3, -0.25) is 4.79 Å². The molecule has 1 heterocycles. The number of halogens is 2. The fraction of sp³-hybridized carbons (Fsp3) is 0.125. The van der Waals surface area contributed by atoms with Crippen molar-refractivity contribution < 1.29 is 8.78 Å². The van der Waals surface area contributed by atoms with E-state index in [-0.39, 0.29) is 5.56 Å². The van der Waals surface area contributed by atoms with E-state index in [1.54, 1.807) is 0 Å². The van der Waals surface area contributed by atoms with Crippen LogP contribution in [0.4, 0.5) is 8.78 Å². The summed E-state index contributed by atoms with van der Waals surface area (Å²) in [5.41, 5.74) is 2.23. The van der Waals surface area contributed by atoms with Crippen molar-refractivity contribution in [3.8, 4) is 11.3 Å². The number of aromatic nitrogens is 2. The van der Waals surface area contributed by atoms with Crippen molar-refractivity contribution in [3.05, 3.63) is 63.4 Å². The standard InChI is InChI=1S/C16H12F2N2O/c1-8-3-4-9(2)14-13(8)15(19-20-16(14)21)10-5-6-11(17)12(18)7-10/h3-7H,1-2H3,(H,20,21). The normalized spacial score (nSPS) is 11.0. The van der Waals surface area contributed by atoms with Gasteiger partial charge in [-0.1, -0.05) is 12.1 Å². The van der Waals surface area contributed by atoms with Gasteiger partial charge in [0.2, 0.25) is 0 Å². The number of H-pyrrole nitrogens is 1. The summed E-state index contributed by atoms with van der Waals surface area (Å²) >= 11 is 0. The third-order valence-electron chi connectivity index (χ3n) is 3.55. The van der Waals surface area contributed by atoms with Crippen LogP contribution in [0.5, 0.6) is 0 Å². The van der Waals surface area contributed by atoms with Crippen molar-refractivity contribution in [1.29, 1.82) is 0 Å². The number of benzene rings is 2. The Hall–Kier alpha value is -2.56. The van der Waals surface area contributed by atoms with Crippen LogP contribution in [-0.2, 0) is 0 Å². The number of aryl methyl sites for hydroxylation is 2. The van der Waals surface area contributed by atoms with Crippen LogP contribution in [0.3, 0.4) is 0 Å². The van der Waals surface area contributed by atoms with E-state index < -0.39 is 11.6 Å². The number of nitrogens with zero attached hydrogens (tertiary/aromatic N) is 1. The number of nitrogens with one attached hydrogen (secondary N) is 1. The van der Waals surface area contributed by atoms with E-state index in [1.165, 1.54) is 6.07 Å². The summed E-state index contributed by atoms with van der Waals surface area (Å²) in [5.74, 6) is -1.86. The van der Waals surface area contributed by atoms with Crippen LogP contribution >= 0.6 is 0 Å². The number of hydrogen-bond donors (Lipinski definition) is 1. The maximum Gasteiger partial charge on any atom is 0.272 e. The van der Waals surface area contributed by atoms with E-state index in [4.69, 9.17) is 0 Å². The molecule has 0 aliphatic heterocycles. The first-order chi connectivity index (χ1) is 9.99. The highest BCUT2D eigenvalue weighted by Crippen LogP contribution is 2.29. The molecule has 0 saturated carbocycles. The molecule has 0 bridgehead atoms. The highest BCUT2D eigenvalue weighted by atomic mass is 19.2. The quantitative estimate of drug-likeness (QED) is 0.744. The number of hydrogen-bond acceptors (Lipinski definition) is 2. The lowest BCUT2D eigenvalue weighted by Crippen LogP contribution is -2.11. The molecule has 0 radical (unpaired) electrons. The zero-order valence-corrected chi connectivity index (χ0v) is 11.5. The average molecular weight is 286 g/mol. The van der Waals surface area contributed by atoms with Gasteiger partial charge in [-0.25, -0.2) is 13.9 Å². The number of aromatic amines is 1. The molecule has 0 atom stereocenters. The van der Waals surface area contributed by atoms with Crippen LogP contribution < -0.4 is 5.56 Å². The monoisotopic (exact) mass is 286 g/mol. The molecular weight excluding hydrogens is 274 g/mol. The second-order valence-electron chi connectivity index (χ2n) is 4.98. The van der Waals surface area contributed by atoms with Gasteiger partial charge in [0.15, 0.2) is 11.6 Å². The van der Waals surface area contributed by atoms with E-state index in [1.807, 2.05) is 26.0 Å². The molecule has 3 nitrogen and oxygen atoms in total. The van der Waals surface area contributed by atoms with Gasteiger partial charge in [-0.05, 0) is 43.2 Å². The van der Waals surface area contributed by atoms with Crippen molar-refractivity contribution >= 4 is 10.8 Å². The summed E-state index contributed by atoms with van der Waals surface area (Å²) in [6.45, 7) is 3.68. The van der Waals surface area contributed by atoms with E-state index in [9.17, 15) is 13.6 Å². The van der Waals surface area contributed by atoms with Crippen LogP contribution in [-0.4, -0.2) is 10.2 Å². The molecule has 0 unspecified atom stereocenters. The largest absolute Gasteiger partial charge is 0.272 e. The molecule has 0 saturated heterocycles. The predicted molar refractivity (Wildman–Crippen MR) is 77.2 cm³/mol. The van der Waals surface area contributed by atoms with Gasteiger partial charge in [0.25, 0.3) is 5.56 Å². The molecule has 0 amide bonds. The Balaban J connectivity index is 2.43. The lowest BCUT2D eigenvalue weighted by atomic mass is 9.98. The first-order valence-electron chi connectivity index (χ1n) is 6.43. The van der Waals surface area contributed by atoms with Gasteiger partial charge in [0.05, 0.1) is 11.1 Å². The minimum atomic E-state index is -0.945. The Morgan fingerprint density at radius 2 is 1.62 bits per heavy atom. The molecule has 3 rings (SSSR count). The predicted octanol–water partition coefficient (Wildman–Crippen LogP) is 3.49. The van der Waals surface area contributed by atoms with Crippen LogP contribution in [0.15, 0.2) is 35.1 Å². The van der Waals surface area contributed by atoms with Crippen molar-refractivity contribution in [2.45, 2.75) is 13.8 Å². The zero-order chi connectivity index (χ0) is 15.1. The topological polar surface area (TPSA) is 45.8 Å². The third-order valence-corrected chi connectivity index (χ3v) is 3.55. The molecule has 0 aliphatic carbocycles. The smallest absolute Gasteiger partial charge is 0.267 e. The second kappa shape index (κ2) is 4.77. The second-order valence-corrected chi connectivity index (χ2v) is 4.98. The van der Waals surface area contributed by atoms with E-state index in [0.717, 1.165) is 23.3 Å². The Kier molecular flexibility index (Phi) is 3.05. The number of rotatable bonds is 1. The minimum absolute atomic E-state index is 0.294. The summed E-state index contributed by atoms with van der Waals surface area (Å²) in [4.78, 5) is 12.0. The van der Waals surface area contributed by atoms with Crippen molar-refractivity contribution in [3.63, 3.8) is 0 Å². The van der Waals surface area contributed by atoms with Crippen molar-refractivity contribution in [2.24, 2.45) is 0 Å². The molecule has 2 aromatic carbocycles. The molecule has 0 spiro atoms. The SMILES string of the molecule is Cc1ccc(C)c2c(=O)[nH]nc(-c3ccc(F)c(F)c3)c12. The lowest BCUT2D eigenvalue weighted by Gasteiger charge is -2.10.